The smallest absolute Gasteiger partial charge is 0.220 e. The normalized spacial score (nSPS) is 23.2. The summed E-state index contributed by atoms with van der Waals surface area (Å²) < 4.78 is 1.89. The number of aromatic nitrogens is 2. The van der Waals surface area contributed by atoms with Crippen molar-refractivity contribution < 1.29 is 4.79 Å². The molecule has 5 heteroatoms. The van der Waals surface area contributed by atoms with Crippen molar-refractivity contribution in [2.24, 2.45) is 18.7 Å². The molecule has 0 saturated heterocycles. The van der Waals surface area contributed by atoms with Crippen LogP contribution in [-0.4, -0.2) is 21.7 Å². The molecule has 0 unspecified atom stereocenters. The van der Waals surface area contributed by atoms with Gasteiger partial charge in [0.2, 0.25) is 5.91 Å². The molecule has 1 heterocycles. The van der Waals surface area contributed by atoms with Crippen molar-refractivity contribution in [1.29, 1.82) is 0 Å². The van der Waals surface area contributed by atoms with E-state index in [0.29, 0.717) is 12.0 Å². The highest BCUT2D eigenvalue weighted by molar-refractivity contribution is 5.76. The third kappa shape index (κ3) is 3.60. The molecule has 0 radical (unpaired) electrons. The van der Waals surface area contributed by atoms with Crippen LogP contribution in [0.15, 0.2) is 6.20 Å². The van der Waals surface area contributed by atoms with Gasteiger partial charge in [0.25, 0.3) is 0 Å². The molecule has 0 aromatic carbocycles. The monoisotopic (exact) mass is 278 g/mol. The number of rotatable bonds is 5. The molecule has 1 aliphatic carbocycles. The van der Waals surface area contributed by atoms with Gasteiger partial charge in [0.15, 0.2) is 0 Å². The van der Waals surface area contributed by atoms with Crippen molar-refractivity contribution in [3.05, 3.63) is 17.5 Å². The van der Waals surface area contributed by atoms with E-state index in [4.69, 9.17) is 5.73 Å². The first-order valence-electron chi connectivity index (χ1n) is 7.52. The fraction of sp³-hybridized carbons (Fsp3) is 0.733. The van der Waals surface area contributed by atoms with Gasteiger partial charge in [-0.1, -0.05) is 13.8 Å². The van der Waals surface area contributed by atoms with Crippen LogP contribution in [0.3, 0.4) is 0 Å². The van der Waals surface area contributed by atoms with E-state index < -0.39 is 0 Å². The standard InChI is InChI=1S/C15H26N4O/c1-10(2)14-12(9-19(3)18-14)8-17-13-6-4-11(5-7-13)15(16)20/h9-11,13,17H,4-8H2,1-3H3,(H2,16,20). The summed E-state index contributed by atoms with van der Waals surface area (Å²) in [4.78, 5) is 11.2. The van der Waals surface area contributed by atoms with E-state index in [0.717, 1.165) is 32.2 Å². The zero-order valence-corrected chi connectivity index (χ0v) is 12.7. The molecule has 0 bridgehead atoms. The highest BCUT2D eigenvalue weighted by atomic mass is 16.1. The average molecular weight is 278 g/mol. The first kappa shape index (κ1) is 15.0. The largest absolute Gasteiger partial charge is 0.369 e. The third-order valence-electron chi connectivity index (χ3n) is 4.19. The third-order valence-corrected chi connectivity index (χ3v) is 4.19. The Bertz CT molecular complexity index is 458. The highest BCUT2D eigenvalue weighted by Gasteiger charge is 2.24. The molecular formula is C15H26N4O. The van der Waals surface area contributed by atoms with Crippen molar-refractivity contribution in [3.63, 3.8) is 0 Å². The Morgan fingerprint density at radius 3 is 2.65 bits per heavy atom. The minimum absolute atomic E-state index is 0.0812. The Balaban J connectivity index is 1.86. The minimum Gasteiger partial charge on any atom is -0.369 e. The van der Waals surface area contributed by atoms with Crippen LogP contribution in [-0.2, 0) is 18.4 Å². The lowest BCUT2D eigenvalue weighted by Crippen LogP contribution is -2.36. The van der Waals surface area contributed by atoms with Crippen LogP contribution in [0.2, 0.25) is 0 Å². The molecule has 1 aliphatic rings. The van der Waals surface area contributed by atoms with Gasteiger partial charge in [0.05, 0.1) is 5.69 Å². The molecule has 3 N–H and O–H groups in total. The number of hydrogen-bond acceptors (Lipinski definition) is 3. The maximum Gasteiger partial charge on any atom is 0.220 e. The molecule has 0 spiro atoms. The van der Waals surface area contributed by atoms with Gasteiger partial charge in [0.1, 0.15) is 0 Å². The Hall–Kier alpha value is -1.36. The van der Waals surface area contributed by atoms with Gasteiger partial charge in [-0.25, -0.2) is 0 Å². The summed E-state index contributed by atoms with van der Waals surface area (Å²) in [6.07, 6.45) is 5.99. The van der Waals surface area contributed by atoms with Crippen molar-refractivity contribution in [2.45, 2.75) is 58.0 Å². The number of carbonyl (C=O) groups is 1. The lowest BCUT2D eigenvalue weighted by atomic mass is 9.85. The lowest BCUT2D eigenvalue weighted by Gasteiger charge is -2.27. The van der Waals surface area contributed by atoms with Crippen LogP contribution < -0.4 is 11.1 Å². The second kappa shape index (κ2) is 6.39. The number of nitrogens with two attached hydrogens (primary N) is 1. The quantitative estimate of drug-likeness (QED) is 0.860. The molecule has 0 atom stereocenters. The molecule has 20 heavy (non-hydrogen) atoms. The summed E-state index contributed by atoms with van der Waals surface area (Å²) in [7, 11) is 1.97. The first-order chi connectivity index (χ1) is 9.47. The Morgan fingerprint density at radius 2 is 2.10 bits per heavy atom. The second-order valence-electron chi connectivity index (χ2n) is 6.20. The van der Waals surface area contributed by atoms with E-state index in [2.05, 4.69) is 30.5 Å². The second-order valence-corrected chi connectivity index (χ2v) is 6.20. The van der Waals surface area contributed by atoms with Crippen molar-refractivity contribution in [1.82, 2.24) is 15.1 Å². The van der Waals surface area contributed by atoms with E-state index in [1.165, 1.54) is 11.3 Å². The fourth-order valence-corrected chi connectivity index (χ4v) is 3.01. The van der Waals surface area contributed by atoms with E-state index in [1.807, 2.05) is 11.7 Å². The molecule has 1 saturated carbocycles. The summed E-state index contributed by atoms with van der Waals surface area (Å²) in [6, 6.07) is 0.491. The number of aryl methyl sites for hydroxylation is 1. The summed E-state index contributed by atoms with van der Waals surface area (Å²) in [5, 5.41) is 8.13. The van der Waals surface area contributed by atoms with Crippen molar-refractivity contribution >= 4 is 5.91 Å². The van der Waals surface area contributed by atoms with Crippen molar-refractivity contribution in [3.8, 4) is 0 Å². The number of nitrogens with one attached hydrogen (secondary N) is 1. The predicted octanol–water partition coefficient (Wildman–Crippen LogP) is 1.68. The highest BCUT2D eigenvalue weighted by Crippen LogP contribution is 2.24. The topological polar surface area (TPSA) is 72.9 Å². The number of amides is 1. The zero-order chi connectivity index (χ0) is 14.7. The molecule has 0 aliphatic heterocycles. The van der Waals surface area contributed by atoms with E-state index in [1.54, 1.807) is 0 Å². The summed E-state index contributed by atoms with van der Waals surface area (Å²) >= 11 is 0. The van der Waals surface area contributed by atoms with Crippen LogP contribution in [0, 0.1) is 5.92 Å². The number of primary amides is 1. The Morgan fingerprint density at radius 1 is 1.45 bits per heavy atom. The maximum absolute atomic E-state index is 11.2. The zero-order valence-electron chi connectivity index (χ0n) is 12.7. The van der Waals surface area contributed by atoms with Gasteiger partial charge in [-0.15, -0.1) is 0 Å². The Labute approximate surface area is 120 Å². The van der Waals surface area contributed by atoms with E-state index >= 15 is 0 Å². The first-order valence-corrected chi connectivity index (χ1v) is 7.52. The number of nitrogens with zero attached hydrogens (tertiary/aromatic N) is 2. The summed E-state index contributed by atoms with van der Waals surface area (Å²) in [5.41, 5.74) is 7.81. The number of carbonyl (C=O) groups excluding carboxylic acids is 1. The van der Waals surface area contributed by atoms with E-state index in [-0.39, 0.29) is 11.8 Å². The molecule has 1 aromatic rings. The van der Waals surface area contributed by atoms with Gasteiger partial charge < -0.3 is 11.1 Å². The molecule has 2 rings (SSSR count). The van der Waals surface area contributed by atoms with Gasteiger partial charge in [0, 0.05) is 37.3 Å². The SMILES string of the molecule is CC(C)c1nn(C)cc1CNC1CCC(C(N)=O)CC1. The van der Waals surface area contributed by atoms with Crippen LogP contribution in [0.4, 0.5) is 0 Å². The average Bonchev–Trinajstić information content (AvgIpc) is 2.78. The number of hydrogen-bond donors (Lipinski definition) is 2. The predicted molar refractivity (Wildman–Crippen MR) is 79.1 cm³/mol. The van der Waals surface area contributed by atoms with Crippen LogP contribution in [0.25, 0.3) is 0 Å². The van der Waals surface area contributed by atoms with Gasteiger partial charge >= 0.3 is 0 Å². The minimum atomic E-state index is -0.141. The van der Waals surface area contributed by atoms with Gasteiger partial charge in [-0.3, -0.25) is 9.48 Å². The van der Waals surface area contributed by atoms with Gasteiger partial charge in [-0.2, -0.15) is 5.10 Å². The Kier molecular flexibility index (Phi) is 4.81. The van der Waals surface area contributed by atoms with Crippen LogP contribution >= 0.6 is 0 Å². The van der Waals surface area contributed by atoms with Gasteiger partial charge in [-0.05, 0) is 31.6 Å². The summed E-state index contributed by atoms with van der Waals surface area (Å²) in [6.45, 7) is 5.20. The van der Waals surface area contributed by atoms with Crippen LogP contribution in [0.1, 0.15) is 56.7 Å². The molecule has 5 nitrogen and oxygen atoms in total. The van der Waals surface area contributed by atoms with Crippen molar-refractivity contribution in [2.75, 3.05) is 0 Å². The lowest BCUT2D eigenvalue weighted by molar-refractivity contribution is -0.122. The molecule has 1 amide bonds. The maximum atomic E-state index is 11.2. The van der Waals surface area contributed by atoms with E-state index in [9.17, 15) is 4.79 Å². The molecule has 112 valence electrons. The molecular weight excluding hydrogens is 252 g/mol. The fourth-order valence-electron chi connectivity index (χ4n) is 3.01. The van der Waals surface area contributed by atoms with Crippen LogP contribution in [0.5, 0.6) is 0 Å². The molecule has 1 fully saturated rings. The summed E-state index contributed by atoms with van der Waals surface area (Å²) in [5.74, 6) is 0.383. The molecule has 1 aromatic heterocycles.